The molecule has 3 heteroatoms. The first-order chi connectivity index (χ1) is 8.84. The highest BCUT2D eigenvalue weighted by Gasteiger charge is 2.13. The highest BCUT2D eigenvalue weighted by Crippen LogP contribution is 2.26. The second-order valence-electron chi connectivity index (χ2n) is 4.67. The van der Waals surface area contributed by atoms with Crippen LogP contribution in [0.3, 0.4) is 0 Å². The van der Waals surface area contributed by atoms with Crippen molar-refractivity contribution in [1.82, 2.24) is 4.90 Å². The minimum Gasteiger partial charge on any atom is -0.379 e. The Morgan fingerprint density at radius 2 is 1.83 bits per heavy atom. The number of hydrogen-bond donors (Lipinski definition) is 1. The lowest BCUT2D eigenvalue weighted by molar-refractivity contribution is 0.0340. The first kappa shape index (κ1) is 12.0. The van der Waals surface area contributed by atoms with Gasteiger partial charge in [0.2, 0.25) is 0 Å². The second-order valence-corrected chi connectivity index (χ2v) is 5.15. The Balaban J connectivity index is 1.96. The molecule has 1 saturated heterocycles. The summed E-state index contributed by atoms with van der Waals surface area (Å²) >= 11 is 4.62. The van der Waals surface area contributed by atoms with Gasteiger partial charge in [-0.05, 0) is 22.4 Å². The highest BCUT2D eigenvalue weighted by molar-refractivity contribution is 7.80. The number of morpholine rings is 1. The van der Waals surface area contributed by atoms with Crippen molar-refractivity contribution in [3.8, 4) is 0 Å². The normalized spacial score (nSPS) is 17.2. The highest BCUT2D eigenvalue weighted by atomic mass is 32.1. The van der Waals surface area contributed by atoms with Gasteiger partial charge >= 0.3 is 0 Å². The molecule has 1 heterocycles. The van der Waals surface area contributed by atoms with Crippen molar-refractivity contribution in [2.75, 3.05) is 26.3 Å². The standard InChI is InChI=1S/C15H17NOS/c18-15-6-5-12-3-1-2-4-13(12)14(15)11-16-7-9-17-10-8-16/h1-6,18H,7-11H2. The third-order valence-corrected chi connectivity index (χ3v) is 3.92. The number of thiol groups is 1. The lowest BCUT2D eigenvalue weighted by atomic mass is 10.0. The van der Waals surface area contributed by atoms with Gasteiger partial charge in [0.15, 0.2) is 0 Å². The zero-order valence-electron chi connectivity index (χ0n) is 10.3. The van der Waals surface area contributed by atoms with Gasteiger partial charge in [0.1, 0.15) is 0 Å². The maximum atomic E-state index is 5.39. The van der Waals surface area contributed by atoms with Crippen LogP contribution >= 0.6 is 12.6 Å². The van der Waals surface area contributed by atoms with Gasteiger partial charge in [-0.2, -0.15) is 0 Å². The van der Waals surface area contributed by atoms with Crippen molar-refractivity contribution in [2.45, 2.75) is 11.4 Å². The molecule has 0 radical (unpaired) electrons. The van der Waals surface area contributed by atoms with E-state index in [1.54, 1.807) is 0 Å². The molecular weight excluding hydrogens is 242 g/mol. The molecule has 1 aliphatic heterocycles. The van der Waals surface area contributed by atoms with Crippen LogP contribution in [0, 0.1) is 0 Å². The summed E-state index contributed by atoms with van der Waals surface area (Å²) in [5.41, 5.74) is 1.33. The third-order valence-electron chi connectivity index (χ3n) is 3.50. The Hall–Kier alpha value is -1.03. The Labute approximate surface area is 113 Å². The Bertz CT molecular complexity index is 549. The summed E-state index contributed by atoms with van der Waals surface area (Å²) in [4.78, 5) is 3.52. The summed E-state index contributed by atoms with van der Waals surface area (Å²) in [5, 5.41) is 2.61. The summed E-state index contributed by atoms with van der Waals surface area (Å²) in [6, 6.07) is 12.8. The predicted molar refractivity (Wildman–Crippen MR) is 77.3 cm³/mol. The maximum absolute atomic E-state index is 5.39. The molecular formula is C15H17NOS. The minimum absolute atomic E-state index is 0.840. The number of rotatable bonds is 2. The van der Waals surface area contributed by atoms with Crippen molar-refractivity contribution < 1.29 is 4.74 Å². The van der Waals surface area contributed by atoms with E-state index in [1.165, 1.54) is 16.3 Å². The van der Waals surface area contributed by atoms with E-state index in [4.69, 9.17) is 4.74 Å². The van der Waals surface area contributed by atoms with Crippen LogP contribution in [0.5, 0.6) is 0 Å². The van der Waals surface area contributed by atoms with Crippen molar-refractivity contribution in [3.05, 3.63) is 42.0 Å². The summed E-state index contributed by atoms with van der Waals surface area (Å²) < 4.78 is 5.39. The summed E-state index contributed by atoms with van der Waals surface area (Å²) in [6.45, 7) is 4.66. The van der Waals surface area contributed by atoms with E-state index in [0.717, 1.165) is 37.7 Å². The summed E-state index contributed by atoms with van der Waals surface area (Å²) in [6.07, 6.45) is 0. The Morgan fingerprint density at radius 1 is 1.06 bits per heavy atom. The molecule has 2 aromatic rings. The molecule has 0 saturated carbocycles. The van der Waals surface area contributed by atoms with Crippen LogP contribution in [0.25, 0.3) is 10.8 Å². The van der Waals surface area contributed by atoms with E-state index in [0.29, 0.717) is 0 Å². The van der Waals surface area contributed by atoms with E-state index in [-0.39, 0.29) is 0 Å². The van der Waals surface area contributed by atoms with Gasteiger partial charge in [-0.25, -0.2) is 0 Å². The fraction of sp³-hybridized carbons (Fsp3) is 0.333. The van der Waals surface area contributed by atoms with E-state index in [2.05, 4.69) is 53.9 Å². The maximum Gasteiger partial charge on any atom is 0.0594 e. The molecule has 1 aliphatic rings. The smallest absolute Gasteiger partial charge is 0.0594 e. The van der Waals surface area contributed by atoms with Gasteiger partial charge in [0.05, 0.1) is 13.2 Å². The van der Waals surface area contributed by atoms with E-state index in [1.807, 2.05) is 0 Å². The SMILES string of the molecule is Sc1ccc2ccccc2c1CN1CCOCC1. The monoisotopic (exact) mass is 259 g/mol. The first-order valence-electron chi connectivity index (χ1n) is 6.34. The molecule has 0 aliphatic carbocycles. The van der Waals surface area contributed by atoms with E-state index >= 15 is 0 Å². The molecule has 94 valence electrons. The van der Waals surface area contributed by atoms with E-state index < -0.39 is 0 Å². The van der Waals surface area contributed by atoms with Crippen LogP contribution in [0.4, 0.5) is 0 Å². The van der Waals surface area contributed by atoms with E-state index in [9.17, 15) is 0 Å². The fourth-order valence-electron chi connectivity index (χ4n) is 2.47. The van der Waals surface area contributed by atoms with Crippen molar-refractivity contribution in [1.29, 1.82) is 0 Å². The second kappa shape index (κ2) is 5.31. The van der Waals surface area contributed by atoms with Gasteiger partial charge < -0.3 is 4.74 Å². The Morgan fingerprint density at radius 3 is 2.67 bits per heavy atom. The number of nitrogens with zero attached hydrogens (tertiary/aromatic N) is 1. The number of ether oxygens (including phenoxy) is 1. The van der Waals surface area contributed by atoms with Gasteiger partial charge in [-0.3, -0.25) is 4.90 Å². The number of fused-ring (bicyclic) bond motifs is 1. The molecule has 1 fully saturated rings. The molecule has 0 spiro atoms. The fourth-order valence-corrected chi connectivity index (χ4v) is 2.74. The van der Waals surface area contributed by atoms with Crippen LogP contribution in [-0.2, 0) is 11.3 Å². The topological polar surface area (TPSA) is 12.5 Å². The summed E-state index contributed by atoms with van der Waals surface area (Å²) in [7, 11) is 0. The molecule has 0 aromatic heterocycles. The van der Waals surface area contributed by atoms with Crippen LogP contribution in [0.1, 0.15) is 5.56 Å². The number of hydrogen-bond acceptors (Lipinski definition) is 3. The van der Waals surface area contributed by atoms with Crippen molar-refractivity contribution in [2.24, 2.45) is 0 Å². The first-order valence-corrected chi connectivity index (χ1v) is 6.79. The molecule has 0 unspecified atom stereocenters. The summed E-state index contributed by atoms with van der Waals surface area (Å²) in [5.74, 6) is 0. The third kappa shape index (κ3) is 2.39. The average molecular weight is 259 g/mol. The molecule has 2 nitrogen and oxygen atoms in total. The molecule has 0 bridgehead atoms. The van der Waals surface area contributed by atoms with Crippen molar-refractivity contribution in [3.63, 3.8) is 0 Å². The quantitative estimate of drug-likeness (QED) is 0.833. The van der Waals surface area contributed by atoms with Gasteiger partial charge in [0, 0.05) is 24.5 Å². The van der Waals surface area contributed by atoms with Gasteiger partial charge in [-0.15, -0.1) is 12.6 Å². The zero-order chi connectivity index (χ0) is 12.4. The predicted octanol–water partition coefficient (Wildman–Crippen LogP) is 2.96. The lowest BCUT2D eigenvalue weighted by Gasteiger charge is -2.27. The van der Waals surface area contributed by atoms with Crippen LogP contribution in [-0.4, -0.2) is 31.2 Å². The number of benzene rings is 2. The van der Waals surface area contributed by atoms with Gasteiger partial charge in [0.25, 0.3) is 0 Å². The molecule has 3 rings (SSSR count). The molecule has 2 aromatic carbocycles. The Kier molecular flexibility index (Phi) is 3.55. The van der Waals surface area contributed by atoms with Crippen LogP contribution in [0.2, 0.25) is 0 Å². The molecule has 0 N–H and O–H groups in total. The largest absolute Gasteiger partial charge is 0.379 e. The van der Waals surface area contributed by atoms with Crippen molar-refractivity contribution >= 4 is 23.4 Å². The van der Waals surface area contributed by atoms with Crippen LogP contribution in [0.15, 0.2) is 41.3 Å². The lowest BCUT2D eigenvalue weighted by Crippen LogP contribution is -2.35. The molecule has 0 amide bonds. The minimum atomic E-state index is 0.840. The van der Waals surface area contributed by atoms with Gasteiger partial charge in [-0.1, -0.05) is 30.3 Å². The average Bonchev–Trinajstić information content (AvgIpc) is 2.43. The molecule has 18 heavy (non-hydrogen) atoms. The van der Waals surface area contributed by atoms with Crippen LogP contribution < -0.4 is 0 Å². The zero-order valence-corrected chi connectivity index (χ0v) is 11.2. The molecule has 0 atom stereocenters.